The average molecular weight is 340 g/mol. The third kappa shape index (κ3) is 4.67. The fourth-order valence-corrected chi connectivity index (χ4v) is 2.63. The van der Waals surface area contributed by atoms with E-state index in [1.807, 2.05) is 42.9 Å². The number of nitrogens with zero attached hydrogens (tertiary/aromatic N) is 4. The van der Waals surface area contributed by atoms with Gasteiger partial charge in [0.15, 0.2) is 0 Å². The number of rotatable bonds is 8. The Labute approximate surface area is 147 Å². The summed E-state index contributed by atoms with van der Waals surface area (Å²) >= 11 is 0. The van der Waals surface area contributed by atoms with E-state index < -0.39 is 0 Å². The Morgan fingerprint density at radius 2 is 2.00 bits per heavy atom. The van der Waals surface area contributed by atoms with Gasteiger partial charge in [0.2, 0.25) is 5.89 Å². The largest absolute Gasteiger partial charge is 0.406 e. The summed E-state index contributed by atoms with van der Waals surface area (Å²) in [5.41, 5.74) is 8.38. The molecule has 0 aliphatic heterocycles. The van der Waals surface area contributed by atoms with E-state index in [1.165, 1.54) is 0 Å². The Balaban J connectivity index is 1.57. The van der Waals surface area contributed by atoms with Crippen LogP contribution < -0.4 is 11.1 Å². The highest BCUT2D eigenvalue weighted by molar-refractivity contribution is 5.21. The van der Waals surface area contributed by atoms with Gasteiger partial charge in [0.05, 0.1) is 24.6 Å². The van der Waals surface area contributed by atoms with Gasteiger partial charge in [-0.25, -0.2) is 4.98 Å². The van der Waals surface area contributed by atoms with Crippen LogP contribution in [0.25, 0.3) is 0 Å². The minimum atomic E-state index is -0.322. The molecule has 0 bridgehead atoms. The topological polar surface area (TPSA) is 94.8 Å². The highest BCUT2D eigenvalue weighted by Gasteiger charge is 2.15. The van der Waals surface area contributed by atoms with Crippen LogP contribution in [-0.2, 0) is 19.5 Å². The van der Waals surface area contributed by atoms with Crippen molar-refractivity contribution in [2.75, 3.05) is 5.32 Å². The van der Waals surface area contributed by atoms with E-state index in [9.17, 15) is 0 Å². The summed E-state index contributed by atoms with van der Waals surface area (Å²) in [6.45, 7) is 5.85. The number of aromatic nitrogens is 4. The van der Waals surface area contributed by atoms with E-state index in [0.29, 0.717) is 30.8 Å². The van der Waals surface area contributed by atoms with Gasteiger partial charge >= 0.3 is 6.01 Å². The lowest BCUT2D eigenvalue weighted by Gasteiger charge is -2.10. The van der Waals surface area contributed by atoms with Gasteiger partial charge in [-0.3, -0.25) is 0 Å². The second-order valence-corrected chi connectivity index (χ2v) is 6.53. The number of anilines is 1. The first-order valence-electron chi connectivity index (χ1n) is 8.47. The van der Waals surface area contributed by atoms with Gasteiger partial charge in [-0.1, -0.05) is 49.3 Å². The van der Waals surface area contributed by atoms with Crippen LogP contribution in [0.3, 0.4) is 0 Å². The van der Waals surface area contributed by atoms with Crippen LogP contribution in [0.2, 0.25) is 0 Å². The third-order valence-electron chi connectivity index (χ3n) is 3.84. The molecule has 7 nitrogen and oxygen atoms in total. The molecule has 0 fully saturated rings. The van der Waals surface area contributed by atoms with Crippen molar-refractivity contribution >= 4 is 6.01 Å². The third-order valence-corrected chi connectivity index (χ3v) is 3.84. The molecule has 0 aliphatic rings. The predicted octanol–water partition coefficient (Wildman–Crippen LogP) is 2.78. The Kier molecular flexibility index (Phi) is 5.45. The van der Waals surface area contributed by atoms with Crippen LogP contribution in [0.4, 0.5) is 6.01 Å². The zero-order valence-electron chi connectivity index (χ0n) is 14.6. The van der Waals surface area contributed by atoms with Crippen molar-refractivity contribution < 1.29 is 4.42 Å². The molecule has 132 valence electrons. The number of imidazole rings is 1. The van der Waals surface area contributed by atoms with Crippen LogP contribution >= 0.6 is 0 Å². The van der Waals surface area contributed by atoms with Crippen molar-refractivity contribution in [1.29, 1.82) is 0 Å². The number of hydrogen-bond donors (Lipinski definition) is 2. The Morgan fingerprint density at radius 1 is 1.20 bits per heavy atom. The van der Waals surface area contributed by atoms with Crippen molar-refractivity contribution in [2.45, 2.75) is 39.4 Å². The normalized spacial score (nSPS) is 12.5. The zero-order chi connectivity index (χ0) is 17.6. The van der Waals surface area contributed by atoms with E-state index in [-0.39, 0.29) is 6.04 Å². The van der Waals surface area contributed by atoms with Crippen molar-refractivity contribution in [3.8, 4) is 0 Å². The van der Waals surface area contributed by atoms with Gasteiger partial charge < -0.3 is 20.0 Å². The van der Waals surface area contributed by atoms with Crippen LogP contribution in [0.1, 0.15) is 37.0 Å². The maximum absolute atomic E-state index is 6.17. The first-order valence-corrected chi connectivity index (χ1v) is 8.47. The van der Waals surface area contributed by atoms with Gasteiger partial charge in [0.1, 0.15) is 0 Å². The molecule has 25 heavy (non-hydrogen) atoms. The highest BCUT2D eigenvalue weighted by Crippen LogP contribution is 2.17. The lowest BCUT2D eigenvalue weighted by Crippen LogP contribution is -2.13. The Hall–Kier alpha value is -2.67. The van der Waals surface area contributed by atoms with Crippen molar-refractivity contribution in [1.82, 2.24) is 19.7 Å². The SMILES string of the molecule is CC(C)Cn1cncc1CNc1nnc([C@H](N)Cc2ccccc2)o1. The molecule has 1 atom stereocenters. The van der Waals surface area contributed by atoms with E-state index in [1.54, 1.807) is 0 Å². The molecule has 0 saturated carbocycles. The summed E-state index contributed by atoms with van der Waals surface area (Å²) in [6, 6.07) is 10.1. The van der Waals surface area contributed by atoms with Crippen molar-refractivity contribution in [2.24, 2.45) is 11.7 Å². The minimum Gasteiger partial charge on any atom is -0.406 e. The molecule has 3 aromatic rings. The second kappa shape index (κ2) is 7.94. The van der Waals surface area contributed by atoms with E-state index in [2.05, 4.69) is 38.9 Å². The quantitative estimate of drug-likeness (QED) is 0.655. The van der Waals surface area contributed by atoms with Crippen LogP contribution in [0.15, 0.2) is 47.3 Å². The van der Waals surface area contributed by atoms with Crippen LogP contribution in [0.5, 0.6) is 0 Å². The summed E-state index contributed by atoms with van der Waals surface area (Å²) in [5, 5.41) is 11.2. The number of benzene rings is 1. The lowest BCUT2D eigenvalue weighted by atomic mass is 10.1. The smallest absolute Gasteiger partial charge is 0.315 e. The fourth-order valence-electron chi connectivity index (χ4n) is 2.63. The molecule has 0 amide bonds. The number of hydrogen-bond acceptors (Lipinski definition) is 6. The summed E-state index contributed by atoms with van der Waals surface area (Å²) in [5.74, 6) is 0.987. The predicted molar refractivity (Wildman–Crippen MR) is 95.8 cm³/mol. The number of nitrogens with one attached hydrogen (secondary N) is 1. The molecule has 0 spiro atoms. The molecule has 0 unspecified atom stereocenters. The molecular weight excluding hydrogens is 316 g/mol. The van der Waals surface area contributed by atoms with Gasteiger partial charge in [-0.05, 0) is 17.9 Å². The Bertz CT molecular complexity index is 780. The molecule has 2 heterocycles. The lowest BCUT2D eigenvalue weighted by molar-refractivity contribution is 0.455. The maximum Gasteiger partial charge on any atom is 0.315 e. The highest BCUT2D eigenvalue weighted by atomic mass is 16.4. The Morgan fingerprint density at radius 3 is 2.76 bits per heavy atom. The van der Waals surface area contributed by atoms with E-state index >= 15 is 0 Å². The molecule has 0 saturated heterocycles. The van der Waals surface area contributed by atoms with Gasteiger partial charge in [0.25, 0.3) is 0 Å². The van der Waals surface area contributed by atoms with Crippen LogP contribution in [0, 0.1) is 5.92 Å². The summed E-state index contributed by atoms with van der Waals surface area (Å²) in [6.07, 6.45) is 4.34. The fraction of sp³-hybridized carbons (Fsp3) is 0.389. The molecule has 0 aliphatic carbocycles. The average Bonchev–Trinajstić information content (AvgIpc) is 3.22. The monoisotopic (exact) mass is 340 g/mol. The molecule has 3 rings (SSSR count). The van der Waals surface area contributed by atoms with Crippen LogP contribution in [-0.4, -0.2) is 19.7 Å². The second-order valence-electron chi connectivity index (χ2n) is 6.53. The molecule has 1 aromatic carbocycles. The van der Waals surface area contributed by atoms with Gasteiger partial charge in [-0.2, -0.15) is 0 Å². The zero-order valence-corrected chi connectivity index (χ0v) is 14.6. The molecule has 2 aromatic heterocycles. The van der Waals surface area contributed by atoms with E-state index in [0.717, 1.165) is 17.8 Å². The first-order chi connectivity index (χ1) is 12.1. The summed E-state index contributed by atoms with van der Waals surface area (Å²) in [4.78, 5) is 4.20. The molecule has 7 heteroatoms. The molecule has 3 N–H and O–H groups in total. The van der Waals surface area contributed by atoms with Gasteiger partial charge in [0, 0.05) is 12.7 Å². The standard InChI is InChI=1S/C18H24N6O/c1-13(2)11-24-12-20-9-15(24)10-21-18-23-22-17(25-18)16(19)8-14-6-4-3-5-7-14/h3-7,9,12-13,16H,8,10-11,19H2,1-2H3,(H,21,23)/t16-/m1/s1. The van der Waals surface area contributed by atoms with Gasteiger partial charge in [-0.15, -0.1) is 5.10 Å². The maximum atomic E-state index is 6.17. The summed E-state index contributed by atoms with van der Waals surface area (Å²) < 4.78 is 7.77. The first kappa shape index (κ1) is 17.2. The minimum absolute atomic E-state index is 0.322. The molecular formula is C18H24N6O. The van der Waals surface area contributed by atoms with E-state index in [4.69, 9.17) is 10.2 Å². The molecule has 0 radical (unpaired) electrons. The number of nitrogens with two attached hydrogens (primary N) is 1. The van der Waals surface area contributed by atoms with Crippen molar-refractivity contribution in [3.05, 3.63) is 60.0 Å². The van der Waals surface area contributed by atoms with Crippen molar-refractivity contribution in [3.63, 3.8) is 0 Å². The summed E-state index contributed by atoms with van der Waals surface area (Å²) in [7, 11) is 0.